The van der Waals surface area contributed by atoms with Gasteiger partial charge in [0.1, 0.15) is 11.0 Å². The third kappa shape index (κ3) is 2.53. The van der Waals surface area contributed by atoms with Gasteiger partial charge in [0.05, 0.1) is 18.3 Å². The number of hydrogen-bond acceptors (Lipinski definition) is 5. The van der Waals surface area contributed by atoms with E-state index in [2.05, 4.69) is 15.4 Å². The summed E-state index contributed by atoms with van der Waals surface area (Å²) < 4.78 is 8.23. The molecule has 20 heavy (non-hydrogen) atoms. The van der Waals surface area contributed by atoms with E-state index in [-0.39, 0.29) is 11.1 Å². The predicted octanol–water partition coefficient (Wildman–Crippen LogP) is 0.943. The molecule has 0 fully saturated rings. The lowest BCUT2D eigenvalue weighted by Gasteiger charge is -2.20. The summed E-state index contributed by atoms with van der Waals surface area (Å²) in [6.07, 6.45) is 1.63. The van der Waals surface area contributed by atoms with Crippen molar-refractivity contribution in [3.63, 3.8) is 0 Å². The molecule has 0 aliphatic rings. The Kier molecular flexibility index (Phi) is 3.80. The number of nitrogens with zero attached hydrogens (tertiary/aromatic N) is 4. The van der Waals surface area contributed by atoms with Gasteiger partial charge in [-0.05, 0) is 20.8 Å². The molecule has 2 heterocycles. The molecule has 0 saturated heterocycles. The molecule has 0 saturated carbocycles. The van der Waals surface area contributed by atoms with Crippen molar-refractivity contribution in [2.24, 2.45) is 7.05 Å². The molecule has 2 aromatic rings. The van der Waals surface area contributed by atoms with Gasteiger partial charge < -0.3 is 14.6 Å². The molecule has 0 bridgehead atoms. The van der Waals surface area contributed by atoms with Crippen LogP contribution in [-0.2, 0) is 17.3 Å². The second-order valence-corrected chi connectivity index (χ2v) is 5.68. The van der Waals surface area contributed by atoms with Crippen LogP contribution in [0.15, 0.2) is 11.0 Å². The third-order valence-corrected chi connectivity index (χ3v) is 3.04. The summed E-state index contributed by atoms with van der Waals surface area (Å²) in [4.78, 5) is 16.9. The van der Waals surface area contributed by atoms with E-state index in [1.54, 1.807) is 17.9 Å². The second-order valence-electron chi connectivity index (χ2n) is 5.68. The molecule has 0 atom stereocenters. The Morgan fingerprint density at radius 2 is 2.10 bits per heavy atom. The summed E-state index contributed by atoms with van der Waals surface area (Å²) in [6, 6.07) is 0. The van der Waals surface area contributed by atoms with Gasteiger partial charge in [-0.3, -0.25) is 4.79 Å². The maximum Gasteiger partial charge on any atom is 0.293 e. The summed E-state index contributed by atoms with van der Waals surface area (Å²) in [6.45, 7) is 7.05. The first-order valence-corrected chi connectivity index (χ1v) is 6.54. The molecule has 0 unspecified atom stereocenters. The SMILES string of the molecule is COCCNc1nc2cnn(C(C)(C)C)c(=O)c2n1C. The monoisotopic (exact) mass is 279 g/mol. The van der Waals surface area contributed by atoms with Crippen LogP contribution in [0.2, 0.25) is 0 Å². The first-order valence-electron chi connectivity index (χ1n) is 6.54. The Balaban J connectivity index is 2.50. The first kappa shape index (κ1) is 14.5. The fourth-order valence-electron chi connectivity index (χ4n) is 2.03. The van der Waals surface area contributed by atoms with Crippen molar-refractivity contribution in [1.29, 1.82) is 0 Å². The molecule has 0 aromatic carbocycles. The predicted molar refractivity (Wildman–Crippen MR) is 78.1 cm³/mol. The van der Waals surface area contributed by atoms with Crippen molar-refractivity contribution in [3.8, 4) is 0 Å². The van der Waals surface area contributed by atoms with Crippen LogP contribution in [0.4, 0.5) is 5.95 Å². The molecule has 110 valence electrons. The number of hydrogen-bond donors (Lipinski definition) is 1. The van der Waals surface area contributed by atoms with Crippen LogP contribution in [0.3, 0.4) is 0 Å². The number of rotatable bonds is 4. The highest BCUT2D eigenvalue weighted by atomic mass is 16.5. The zero-order valence-electron chi connectivity index (χ0n) is 12.6. The number of aromatic nitrogens is 4. The highest BCUT2D eigenvalue weighted by Gasteiger charge is 2.20. The number of nitrogens with one attached hydrogen (secondary N) is 1. The zero-order valence-corrected chi connectivity index (χ0v) is 12.6. The molecule has 0 aliphatic heterocycles. The molecule has 2 rings (SSSR count). The fraction of sp³-hybridized carbons (Fsp3) is 0.615. The van der Waals surface area contributed by atoms with E-state index in [0.29, 0.717) is 30.1 Å². The van der Waals surface area contributed by atoms with Crippen molar-refractivity contribution in [3.05, 3.63) is 16.6 Å². The van der Waals surface area contributed by atoms with E-state index in [1.165, 1.54) is 4.68 Å². The summed E-state index contributed by atoms with van der Waals surface area (Å²) in [5, 5.41) is 7.34. The van der Waals surface area contributed by atoms with Crippen LogP contribution in [0.1, 0.15) is 20.8 Å². The molecule has 2 aromatic heterocycles. The summed E-state index contributed by atoms with van der Waals surface area (Å²) in [7, 11) is 3.46. The Morgan fingerprint density at radius 3 is 2.70 bits per heavy atom. The van der Waals surface area contributed by atoms with Gasteiger partial charge in [-0.15, -0.1) is 0 Å². The molecule has 0 amide bonds. The van der Waals surface area contributed by atoms with Gasteiger partial charge in [0.15, 0.2) is 0 Å². The van der Waals surface area contributed by atoms with Crippen molar-refractivity contribution in [2.75, 3.05) is 25.6 Å². The minimum absolute atomic E-state index is 0.134. The lowest BCUT2D eigenvalue weighted by molar-refractivity contribution is 0.210. The lowest BCUT2D eigenvalue weighted by Crippen LogP contribution is -2.36. The first-order chi connectivity index (χ1) is 9.36. The Labute approximate surface area is 117 Å². The van der Waals surface area contributed by atoms with E-state index in [1.807, 2.05) is 27.8 Å². The molecule has 7 heteroatoms. The Morgan fingerprint density at radius 1 is 1.40 bits per heavy atom. The highest BCUT2D eigenvalue weighted by Crippen LogP contribution is 2.16. The largest absolute Gasteiger partial charge is 0.383 e. The van der Waals surface area contributed by atoms with E-state index >= 15 is 0 Å². The van der Waals surface area contributed by atoms with Gasteiger partial charge in [0, 0.05) is 20.7 Å². The maximum atomic E-state index is 12.5. The Hall–Kier alpha value is -1.89. The van der Waals surface area contributed by atoms with Gasteiger partial charge >= 0.3 is 0 Å². The summed E-state index contributed by atoms with van der Waals surface area (Å²) >= 11 is 0. The maximum absolute atomic E-state index is 12.5. The Bertz CT molecular complexity index is 666. The van der Waals surface area contributed by atoms with E-state index in [9.17, 15) is 4.79 Å². The molecule has 0 radical (unpaired) electrons. The van der Waals surface area contributed by atoms with Crippen molar-refractivity contribution >= 4 is 17.0 Å². The molecule has 7 nitrogen and oxygen atoms in total. The fourth-order valence-corrected chi connectivity index (χ4v) is 2.03. The minimum atomic E-state index is -0.362. The summed E-state index contributed by atoms with van der Waals surface area (Å²) in [5.41, 5.74) is 0.650. The van der Waals surface area contributed by atoms with E-state index in [0.717, 1.165) is 0 Å². The van der Waals surface area contributed by atoms with Gasteiger partial charge in [-0.1, -0.05) is 0 Å². The lowest BCUT2D eigenvalue weighted by atomic mass is 10.1. The standard InChI is InChI=1S/C13H21N5O2/c1-13(2,3)18-11(19)10-9(8-15-18)16-12(17(10)4)14-6-7-20-5/h8H,6-7H2,1-5H3,(H,14,16). The van der Waals surface area contributed by atoms with Crippen LogP contribution in [0, 0.1) is 0 Å². The van der Waals surface area contributed by atoms with Gasteiger partial charge in [-0.25, -0.2) is 9.67 Å². The van der Waals surface area contributed by atoms with Gasteiger partial charge in [0.2, 0.25) is 5.95 Å². The van der Waals surface area contributed by atoms with Crippen molar-refractivity contribution in [1.82, 2.24) is 19.3 Å². The number of imidazole rings is 1. The number of aryl methyl sites for hydroxylation is 1. The highest BCUT2D eigenvalue weighted by molar-refractivity contribution is 5.76. The minimum Gasteiger partial charge on any atom is -0.383 e. The van der Waals surface area contributed by atoms with Crippen molar-refractivity contribution < 1.29 is 4.74 Å². The zero-order chi connectivity index (χ0) is 14.9. The van der Waals surface area contributed by atoms with E-state index in [4.69, 9.17) is 4.74 Å². The topological polar surface area (TPSA) is 74.0 Å². The van der Waals surface area contributed by atoms with Gasteiger partial charge in [-0.2, -0.15) is 5.10 Å². The van der Waals surface area contributed by atoms with Crippen LogP contribution >= 0.6 is 0 Å². The molecule has 0 aliphatic carbocycles. The van der Waals surface area contributed by atoms with Crippen LogP contribution in [0.25, 0.3) is 11.0 Å². The molecular formula is C13H21N5O2. The van der Waals surface area contributed by atoms with Crippen molar-refractivity contribution in [2.45, 2.75) is 26.3 Å². The number of methoxy groups -OCH3 is 1. The molecular weight excluding hydrogens is 258 g/mol. The smallest absolute Gasteiger partial charge is 0.293 e. The molecule has 1 N–H and O–H groups in total. The number of fused-ring (bicyclic) bond motifs is 1. The van der Waals surface area contributed by atoms with Crippen LogP contribution < -0.4 is 10.9 Å². The quantitative estimate of drug-likeness (QED) is 0.843. The summed E-state index contributed by atoms with van der Waals surface area (Å²) in [5.74, 6) is 0.641. The number of anilines is 1. The molecule has 0 spiro atoms. The average molecular weight is 279 g/mol. The second kappa shape index (κ2) is 5.24. The van der Waals surface area contributed by atoms with Crippen LogP contribution in [0.5, 0.6) is 0 Å². The number of ether oxygens (including phenoxy) is 1. The average Bonchev–Trinajstić information content (AvgIpc) is 2.66. The van der Waals surface area contributed by atoms with Gasteiger partial charge in [0.25, 0.3) is 5.56 Å². The third-order valence-electron chi connectivity index (χ3n) is 3.04. The normalized spacial score (nSPS) is 12.1. The van der Waals surface area contributed by atoms with E-state index < -0.39 is 0 Å². The van der Waals surface area contributed by atoms with Crippen LogP contribution in [-0.4, -0.2) is 39.6 Å².